The third-order valence-electron chi connectivity index (χ3n) is 5.36. The van der Waals surface area contributed by atoms with Crippen LogP contribution < -0.4 is 5.32 Å². The number of carbonyl (C=O) groups excluding carboxylic acids is 2. The number of amides is 2. The molecule has 1 aromatic carbocycles. The second-order valence-electron chi connectivity index (χ2n) is 7.79. The molecule has 2 heterocycles. The lowest BCUT2D eigenvalue weighted by atomic mass is 10.0. The molecule has 2 aliphatic rings. The fourth-order valence-corrected chi connectivity index (χ4v) is 3.63. The number of rotatable bonds is 6. The van der Waals surface area contributed by atoms with Gasteiger partial charge in [-0.05, 0) is 19.4 Å². The molecule has 0 radical (unpaired) electrons. The summed E-state index contributed by atoms with van der Waals surface area (Å²) in [5.74, 6) is -0.219. The Bertz CT molecular complexity index is 626. The zero-order valence-electron chi connectivity index (χ0n) is 15.7. The van der Waals surface area contributed by atoms with Gasteiger partial charge >= 0.3 is 0 Å². The monoisotopic (exact) mass is 359 g/mol. The van der Waals surface area contributed by atoms with Gasteiger partial charge in [0.2, 0.25) is 11.8 Å². The molecule has 2 aliphatic heterocycles. The van der Waals surface area contributed by atoms with Crippen LogP contribution in [0.4, 0.5) is 0 Å². The van der Waals surface area contributed by atoms with Gasteiger partial charge in [0.1, 0.15) is 0 Å². The molecule has 6 nitrogen and oxygen atoms in total. The normalized spacial score (nSPS) is 21.8. The summed E-state index contributed by atoms with van der Waals surface area (Å²) < 4.78 is 5.40. The van der Waals surface area contributed by atoms with Crippen LogP contribution in [0.3, 0.4) is 0 Å². The first kappa shape index (κ1) is 18.9. The number of likely N-dealkylation sites (tertiary alicyclic amines) is 1. The predicted octanol–water partition coefficient (Wildman–Crippen LogP) is 1.26. The first-order valence-corrected chi connectivity index (χ1v) is 9.38. The van der Waals surface area contributed by atoms with Crippen molar-refractivity contribution in [2.45, 2.75) is 32.4 Å². The highest BCUT2D eigenvalue weighted by Gasteiger charge is 2.35. The molecule has 1 unspecified atom stereocenters. The van der Waals surface area contributed by atoms with Crippen molar-refractivity contribution in [1.82, 2.24) is 15.1 Å². The molecule has 0 saturated carbocycles. The highest BCUT2D eigenvalue weighted by atomic mass is 16.5. The average Bonchev–Trinajstić information content (AvgIpc) is 3.02. The van der Waals surface area contributed by atoms with Gasteiger partial charge < -0.3 is 15.0 Å². The van der Waals surface area contributed by atoms with Gasteiger partial charge in [-0.3, -0.25) is 14.5 Å². The Hall–Kier alpha value is -1.92. The fourth-order valence-electron chi connectivity index (χ4n) is 3.63. The first-order chi connectivity index (χ1) is 12.5. The lowest BCUT2D eigenvalue weighted by Gasteiger charge is -2.41. The van der Waals surface area contributed by atoms with E-state index >= 15 is 0 Å². The molecule has 3 rings (SSSR count). The quantitative estimate of drug-likeness (QED) is 0.831. The van der Waals surface area contributed by atoms with Gasteiger partial charge in [-0.15, -0.1) is 0 Å². The van der Waals surface area contributed by atoms with Gasteiger partial charge in [0.05, 0.1) is 19.1 Å². The van der Waals surface area contributed by atoms with Crippen molar-refractivity contribution in [2.24, 2.45) is 5.92 Å². The predicted molar refractivity (Wildman–Crippen MR) is 99.4 cm³/mol. The van der Waals surface area contributed by atoms with E-state index in [1.165, 1.54) is 0 Å². The summed E-state index contributed by atoms with van der Waals surface area (Å²) in [6, 6.07) is 9.90. The maximum absolute atomic E-state index is 12.6. The maximum atomic E-state index is 12.6. The minimum absolute atomic E-state index is 0.0183. The maximum Gasteiger partial charge on any atom is 0.225 e. The summed E-state index contributed by atoms with van der Waals surface area (Å²) in [7, 11) is 0. The minimum Gasteiger partial charge on any atom is -0.379 e. The third kappa shape index (κ3) is 4.62. The molecular formula is C20H29N3O3. The molecule has 2 fully saturated rings. The molecule has 2 amide bonds. The van der Waals surface area contributed by atoms with E-state index in [1.54, 1.807) is 4.90 Å². The average molecular weight is 359 g/mol. The van der Waals surface area contributed by atoms with Gasteiger partial charge in [-0.25, -0.2) is 0 Å². The van der Waals surface area contributed by atoms with E-state index < -0.39 is 0 Å². The Kier molecular flexibility index (Phi) is 5.94. The van der Waals surface area contributed by atoms with Crippen molar-refractivity contribution in [3.8, 4) is 0 Å². The molecule has 0 aliphatic carbocycles. The molecule has 0 aromatic heterocycles. The summed E-state index contributed by atoms with van der Waals surface area (Å²) in [4.78, 5) is 29.0. The number of nitrogens with zero attached hydrogens (tertiary/aromatic N) is 2. The molecule has 1 N–H and O–H groups in total. The molecular weight excluding hydrogens is 330 g/mol. The standard InChI is InChI=1S/C20H29N3O3/c1-20(2,23-8-10-26-11-9-23)15-21-19(25)17-12-18(24)22(14-17)13-16-6-4-3-5-7-16/h3-7,17H,8-15H2,1-2H3,(H,21,25). The van der Waals surface area contributed by atoms with Crippen LogP contribution in [0.25, 0.3) is 0 Å². The van der Waals surface area contributed by atoms with Gasteiger partial charge in [-0.2, -0.15) is 0 Å². The van der Waals surface area contributed by atoms with Crippen molar-refractivity contribution in [3.05, 3.63) is 35.9 Å². The Morgan fingerprint density at radius 3 is 2.62 bits per heavy atom. The van der Waals surface area contributed by atoms with Crippen LogP contribution in [0.5, 0.6) is 0 Å². The van der Waals surface area contributed by atoms with Crippen LogP contribution >= 0.6 is 0 Å². The second-order valence-corrected chi connectivity index (χ2v) is 7.79. The van der Waals surface area contributed by atoms with Crippen LogP contribution in [0.2, 0.25) is 0 Å². The van der Waals surface area contributed by atoms with Crippen molar-refractivity contribution in [2.75, 3.05) is 39.4 Å². The lowest BCUT2D eigenvalue weighted by molar-refractivity contribution is -0.129. The largest absolute Gasteiger partial charge is 0.379 e. The summed E-state index contributed by atoms with van der Waals surface area (Å²) >= 11 is 0. The van der Waals surface area contributed by atoms with E-state index in [4.69, 9.17) is 4.74 Å². The van der Waals surface area contributed by atoms with Crippen LogP contribution in [-0.2, 0) is 20.9 Å². The van der Waals surface area contributed by atoms with Crippen LogP contribution in [-0.4, -0.2) is 66.5 Å². The topological polar surface area (TPSA) is 61.9 Å². The lowest BCUT2D eigenvalue weighted by Crippen LogP contribution is -2.55. The summed E-state index contributed by atoms with van der Waals surface area (Å²) in [5.41, 5.74) is 0.974. The Labute approximate surface area is 155 Å². The number of nitrogens with one attached hydrogen (secondary N) is 1. The first-order valence-electron chi connectivity index (χ1n) is 9.38. The van der Waals surface area contributed by atoms with Crippen molar-refractivity contribution < 1.29 is 14.3 Å². The molecule has 0 spiro atoms. The zero-order valence-corrected chi connectivity index (χ0v) is 15.7. The molecule has 1 atom stereocenters. The Morgan fingerprint density at radius 1 is 1.23 bits per heavy atom. The second kappa shape index (κ2) is 8.18. The van der Waals surface area contributed by atoms with Crippen molar-refractivity contribution in [1.29, 1.82) is 0 Å². The van der Waals surface area contributed by atoms with Crippen molar-refractivity contribution >= 4 is 11.8 Å². The highest BCUT2D eigenvalue weighted by molar-refractivity contribution is 5.89. The molecule has 1 aromatic rings. The molecule has 142 valence electrons. The zero-order chi connectivity index (χ0) is 18.6. The van der Waals surface area contributed by atoms with E-state index in [9.17, 15) is 9.59 Å². The molecule has 6 heteroatoms. The third-order valence-corrected chi connectivity index (χ3v) is 5.36. The summed E-state index contributed by atoms with van der Waals surface area (Å²) in [6.07, 6.45) is 0.302. The number of hydrogen-bond donors (Lipinski definition) is 1. The minimum atomic E-state index is -0.258. The van der Waals surface area contributed by atoms with Crippen LogP contribution in [0.15, 0.2) is 30.3 Å². The molecule has 2 saturated heterocycles. The fraction of sp³-hybridized carbons (Fsp3) is 0.600. The van der Waals surface area contributed by atoms with Gasteiger partial charge in [0.25, 0.3) is 0 Å². The van der Waals surface area contributed by atoms with E-state index in [1.807, 2.05) is 30.3 Å². The Morgan fingerprint density at radius 2 is 1.92 bits per heavy atom. The summed E-state index contributed by atoms with van der Waals surface area (Å²) in [6.45, 7) is 9.17. The number of hydrogen-bond acceptors (Lipinski definition) is 4. The number of ether oxygens (including phenoxy) is 1. The van der Waals surface area contributed by atoms with Crippen LogP contribution in [0.1, 0.15) is 25.8 Å². The summed E-state index contributed by atoms with van der Waals surface area (Å²) in [5, 5.41) is 3.07. The van der Waals surface area contributed by atoms with Crippen LogP contribution in [0, 0.1) is 5.92 Å². The van der Waals surface area contributed by atoms with E-state index in [0.29, 0.717) is 26.1 Å². The van der Waals surface area contributed by atoms with E-state index in [-0.39, 0.29) is 23.3 Å². The van der Waals surface area contributed by atoms with E-state index in [2.05, 4.69) is 24.1 Å². The van der Waals surface area contributed by atoms with E-state index in [0.717, 1.165) is 31.9 Å². The number of benzene rings is 1. The number of morpholine rings is 1. The molecule has 26 heavy (non-hydrogen) atoms. The molecule has 0 bridgehead atoms. The van der Waals surface area contributed by atoms with Gasteiger partial charge in [0.15, 0.2) is 0 Å². The smallest absolute Gasteiger partial charge is 0.225 e. The number of carbonyl (C=O) groups is 2. The van der Waals surface area contributed by atoms with Gasteiger partial charge in [-0.1, -0.05) is 30.3 Å². The SMILES string of the molecule is CC(C)(CNC(=O)C1CC(=O)N(Cc2ccccc2)C1)N1CCOCC1. The Balaban J connectivity index is 1.50. The van der Waals surface area contributed by atoms with Gasteiger partial charge in [0, 0.05) is 44.7 Å². The highest BCUT2D eigenvalue weighted by Crippen LogP contribution is 2.21. The van der Waals surface area contributed by atoms with Crippen molar-refractivity contribution in [3.63, 3.8) is 0 Å².